The fourth-order valence-electron chi connectivity index (χ4n) is 3.24. The Hall–Kier alpha value is -2.41. The molecule has 1 saturated heterocycles. The van der Waals surface area contributed by atoms with E-state index in [0.29, 0.717) is 29.4 Å². The third-order valence-corrected chi connectivity index (χ3v) is 5.38. The average molecular weight is 388 g/mol. The van der Waals surface area contributed by atoms with E-state index in [1.807, 2.05) is 19.2 Å². The fraction of sp³-hybridized carbons (Fsp3) is 0.450. The van der Waals surface area contributed by atoms with Gasteiger partial charge in [-0.2, -0.15) is 0 Å². The van der Waals surface area contributed by atoms with Gasteiger partial charge in [0.25, 0.3) is 5.91 Å². The van der Waals surface area contributed by atoms with Gasteiger partial charge in [0.05, 0.1) is 18.2 Å². The molecule has 2 heterocycles. The average Bonchev–Trinajstić information content (AvgIpc) is 3.22. The van der Waals surface area contributed by atoms with E-state index < -0.39 is 5.60 Å². The predicted octanol–water partition coefficient (Wildman–Crippen LogP) is 4.37. The molecule has 0 unspecified atom stereocenters. The third kappa shape index (κ3) is 4.30. The van der Waals surface area contributed by atoms with Crippen LogP contribution in [0.25, 0.3) is 0 Å². The maximum absolute atomic E-state index is 12.4. The second-order valence-electron chi connectivity index (χ2n) is 6.79. The maximum Gasteiger partial charge on any atom is 0.310 e. The van der Waals surface area contributed by atoms with Crippen molar-refractivity contribution in [3.63, 3.8) is 0 Å². The molecule has 2 aromatic rings. The lowest BCUT2D eigenvalue weighted by molar-refractivity contribution is -0.150. The highest BCUT2D eigenvalue weighted by Gasteiger charge is 2.45. The van der Waals surface area contributed by atoms with Gasteiger partial charge in [0.2, 0.25) is 0 Å². The lowest BCUT2D eigenvalue weighted by Crippen LogP contribution is -2.21. The monoisotopic (exact) mass is 388 g/mol. The van der Waals surface area contributed by atoms with Crippen LogP contribution in [0, 0.1) is 5.92 Å². The number of thiazole rings is 1. The quantitative estimate of drug-likeness (QED) is 0.713. The van der Waals surface area contributed by atoms with Crippen molar-refractivity contribution >= 4 is 28.3 Å². The van der Waals surface area contributed by atoms with Crippen molar-refractivity contribution in [2.45, 2.75) is 45.6 Å². The summed E-state index contributed by atoms with van der Waals surface area (Å²) in [6, 6.07) is 6.95. The largest absolute Gasteiger partial charge is 0.494 e. The summed E-state index contributed by atoms with van der Waals surface area (Å²) in [5.41, 5.74) is 0.480. The summed E-state index contributed by atoms with van der Waals surface area (Å²) in [6.07, 6.45) is 2.38. The smallest absolute Gasteiger partial charge is 0.310 e. The summed E-state index contributed by atoms with van der Waals surface area (Å²) < 4.78 is 11.0. The number of hydrogen-bond donors (Lipinski definition) is 1. The fourth-order valence-corrected chi connectivity index (χ4v) is 4.07. The van der Waals surface area contributed by atoms with Gasteiger partial charge >= 0.3 is 5.97 Å². The Morgan fingerprint density at radius 2 is 2.11 bits per heavy atom. The van der Waals surface area contributed by atoms with Crippen LogP contribution in [0.1, 0.15) is 56.1 Å². The number of amides is 1. The topological polar surface area (TPSA) is 77.5 Å². The van der Waals surface area contributed by atoms with Crippen LogP contribution in [-0.4, -0.2) is 23.5 Å². The molecule has 2 atom stereocenters. The third-order valence-electron chi connectivity index (χ3n) is 4.63. The van der Waals surface area contributed by atoms with Gasteiger partial charge < -0.3 is 9.47 Å². The van der Waals surface area contributed by atoms with E-state index in [0.717, 1.165) is 18.6 Å². The number of aromatic nitrogens is 1. The molecule has 7 heteroatoms. The zero-order valence-corrected chi connectivity index (χ0v) is 16.6. The van der Waals surface area contributed by atoms with Crippen molar-refractivity contribution in [3.05, 3.63) is 40.9 Å². The minimum Gasteiger partial charge on any atom is -0.494 e. The number of esters is 1. The number of nitrogens with one attached hydrogen (secondary N) is 1. The number of cyclic esters (lactones) is 1. The molecule has 1 fully saturated rings. The molecule has 0 saturated carbocycles. The van der Waals surface area contributed by atoms with Crippen molar-refractivity contribution in [1.29, 1.82) is 0 Å². The second kappa shape index (κ2) is 8.08. The Morgan fingerprint density at radius 3 is 2.78 bits per heavy atom. The number of anilines is 1. The Balaban J connectivity index is 1.67. The first-order valence-corrected chi connectivity index (χ1v) is 10.1. The van der Waals surface area contributed by atoms with Gasteiger partial charge in [-0.1, -0.05) is 13.3 Å². The molecule has 27 heavy (non-hydrogen) atoms. The van der Waals surface area contributed by atoms with Crippen molar-refractivity contribution in [1.82, 2.24) is 4.98 Å². The molecular weight excluding hydrogens is 364 g/mol. The number of ether oxygens (including phenoxy) is 2. The number of carbonyl (C=O) groups excluding carboxylic acids is 2. The molecule has 0 bridgehead atoms. The second-order valence-corrected chi connectivity index (χ2v) is 7.65. The minimum absolute atomic E-state index is 0.0800. The van der Waals surface area contributed by atoms with E-state index in [1.54, 1.807) is 24.3 Å². The van der Waals surface area contributed by atoms with Gasteiger partial charge in [-0.05, 0) is 44.5 Å². The molecule has 1 aliphatic heterocycles. The number of carbonyl (C=O) groups is 2. The normalized spacial score (nSPS) is 21.7. The molecule has 1 aromatic heterocycles. The standard InChI is InChI=1S/C20H24N2O4S/c1-4-6-14-11-20(3,26-18(14)24)16-12-27-19(21-16)22-17(23)13-7-9-15(10-8-13)25-5-2/h7-10,12,14H,4-6,11H2,1-3H3,(H,21,22,23)/t14-,20+/m1/s1. The van der Waals surface area contributed by atoms with Crippen LogP contribution in [0.4, 0.5) is 5.13 Å². The van der Waals surface area contributed by atoms with E-state index in [2.05, 4.69) is 17.2 Å². The molecule has 1 aromatic carbocycles. The van der Waals surface area contributed by atoms with Gasteiger partial charge in [-0.3, -0.25) is 14.9 Å². The van der Waals surface area contributed by atoms with Gasteiger partial charge in [0.1, 0.15) is 5.75 Å². The number of rotatable bonds is 7. The molecule has 0 radical (unpaired) electrons. The van der Waals surface area contributed by atoms with Crippen LogP contribution in [0.2, 0.25) is 0 Å². The zero-order chi connectivity index (χ0) is 19.4. The summed E-state index contributed by atoms with van der Waals surface area (Å²) in [7, 11) is 0. The van der Waals surface area contributed by atoms with E-state index >= 15 is 0 Å². The number of benzene rings is 1. The lowest BCUT2D eigenvalue weighted by atomic mass is 9.91. The van der Waals surface area contributed by atoms with Crippen molar-refractivity contribution in [2.24, 2.45) is 5.92 Å². The van der Waals surface area contributed by atoms with E-state index in [1.165, 1.54) is 11.3 Å². The molecule has 0 aliphatic carbocycles. The lowest BCUT2D eigenvalue weighted by Gasteiger charge is -2.19. The summed E-state index contributed by atoms with van der Waals surface area (Å²) in [6.45, 7) is 6.43. The van der Waals surface area contributed by atoms with Crippen molar-refractivity contribution in [2.75, 3.05) is 11.9 Å². The van der Waals surface area contributed by atoms with Gasteiger partial charge in [-0.25, -0.2) is 4.98 Å². The first kappa shape index (κ1) is 19.4. The van der Waals surface area contributed by atoms with Crippen LogP contribution >= 0.6 is 11.3 Å². The maximum atomic E-state index is 12.4. The van der Waals surface area contributed by atoms with Gasteiger partial charge in [0, 0.05) is 17.4 Å². The summed E-state index contributed by atoms with van der Waals surface area (Å²) in [4.78, 5) is 29.0. The SMILES string of the molecule is CCC[C@@H]1C[C@@](C)(c2csc(NC(=O)c3ccc(OCC)cc3)n2)OC1=O. The Kier molecular flexibility index (Phi) is 5.79. The Bertz CT molecular complexity index is 818. The first-order valence-electron chi connectivity index (χ1n) is 9.18. The van der Waals surface area contributed by atoms with E-state index in [4.69, 9.17) is 9.47 Å². The number of nitrogens with zero attached hydrogens (tertiary/aromatic N) is 1. The highest BCUT2D eigenvalue weighted by atomic mass is 32.1. The summed E-state index contributed by atoms with van der Waals surface area (Å²) in [5.74, 6) is 0.246. The predicted molar refractivity (Wildman–Crippen MR) is 104 cm³/mol. The van der Waals surface area contributed by atoms with Crippen LogP contribution in [0.3, 0.4) is 0 Å². The van der Waals surface area contributed by atoms with E-state index in [9.17, 15) is 9.59 Å². The number of hydrogen-bond acceptors (Lipinski definition) is 6. The zero-order valence-electron chi connectivity index (χ0n) is 15.8. The molecular formula is C20H24N2O4S. The summed E-state index contributed by atoms with van der Waals surface area (Å²) in [5, 5.41) is 5.13. The molecule has 1 aliphatic rings. The summed E-state index contributed by atoms with van der Waals surface area (Å²) >= 11 is 1.33. The molecule has 6 nitrogen and oxygen atoms in total. The Labute approximate surface area is 162 Å². The van der Waals surface area contributed by atoms with E-state index in [-0.39, 0.29) is 17.8 Å². The minimum atomic E-state index is -0.727. The molecule has 0 spiro atoms. The Morgan fingerprint density at radius 1 is 1.37 bits per heavy atom. The van der Waals surface area contributed by atoms with Crippen LogP contribution in [0.5, 0.6) is 5.75 Å². The molecule has 3 rings (SSSR count). The van der Waals surface area contributed by atoms with Crippen molar-refractivity contribution in [3.8, 4) is 5.75 Å². The van der Waals surface area contributed by atoms with Crippen LogP contribution in [0.15, 0.2) is 29.6 Å². The molecule has 1 amide bonds. The van der Waals surface area contributed by atoms with Crippen LogP contribution in [-0.2, 0) is 15.1 Å². The van der Waals surface area contributed by atoms with Gasteiger partial charge in [0.15, 0.2) is 10.7 Å². The first-order chi connectivity index (χ1) is 12.9. The van der Waals surface area contributed by atoms with Crippen LogP contribution < -0.4 is 10.1 Å². The highest BCUT2D eigenvalue weighted by molar-refractivity contribution is 7.14. The molecule has 144 valence electrons. The van der Waals surface area contributed by atoms with Crippen molar-refractivity contribution < 1.29 is 19.1 Å². The highest BCUT2D eigenvalue weighted by Crippen LogP contribution is 2.41. The van der Waals surface area contributed by atoms with Gasteiger partial charge in [-0.15, -0.1) is 11.3 Å². The molecule has 1 N–H and O–H groups in total.